The minimum Gasteiger partial charge on any atom is -0.307 e. The molecule has 6 nitrogen and oxygen atoms in total. The summed E-state index contributed by atoms with van der Waals surface area (Å²) >= 11 is -1.16. The molecule has 0 heterocycles. The lowest BCUT2D eigenvalue weighted by atomic mass is 9.84. The standard InChI is InChI=1S/C14H16F5NO5S2/c15-13(16,17)20-27(21,22)14(18,19)26-25-24-23-12-8-6-11(7-9-12)10-4-2-1-3-5-10/h6-10,20H,1-5H2. The van der Waals surface area contributed by atoms with E-state index in [1.165, 1.54) is 18.6 Å². The highest BCUT2D eigenvalue weighted by molar-refractivity contribution is 8.10. The SMILES string of the molecule is O=S(=O)(NC(F)(F)F)C(F)(F)SOOOc1ccc(C2CCCCC2)cc1. The third kappa shape index (κ3) is 6.75. The molecule has 0 spiro atoms. The zero-order chi connectivity index (χ0) is 20.1. The number of hydrogen-bond acceptors (Lipinski definition) is 6. The highest BCUT2D eigenvalue weighted by Gasteiger charge is 2.53. The molecule has 1 saturated carbocycles. The number of benzene rings is 1. The molecule has 0 aromatic heterocycles. The van der Waals surface area contributed by atoms with Crippen LogP contribution in [0.1, 0.15) is 43.6 Å². The summed E-state index contributed by atoms with van der Waals surface area (Å²) in [6.07, 6.45) is 0.104. The van der Waals surface area contributed by atoms with Gasteiger partial charge in [-0.3, -0.25) is 0 Å². The van der Waals surface area contributed by atoms with Crippen molar-refractivity contribution in [3.63, 3.8) is 0 Å². The fourth-order valence-electron chi connectivity index (χ4n) is 2.59. The molecule has 0 bridgehead atoms. The maximum absolute atomic E-state index is 13.3. The summed E-state index contributed by atoms with van der Waals surface area (Å²) in [5, 5.41) is 3.98. The first-order valence-corrected chi connectivity index (χ1v) is 10.00. The van der Waals surface area contributed by atoms with Gasteiger partial charge in [0.05, 0.1) is 0 Å². The maximum Gasteiger partial charge on any atom is 0.470 e. The number of nitrogens with one attached hydrogen (secondary N) is 1. The average Bonchev–Trinajstić information content (AvgIpc) is 2.58. The molecule has 1 N–H and O–H groups in total. The van der Waals surface area contributed by atoms with Crippen molar-refractivity contribution >= 4 is 22.1 Å². The Morgan fingerprint density at radius 3 is 2.15 bits per heavy atom. The van der Waals surface area contributed by atoms with Crippen LogP contribution < -0.4 is 9.61 Å². The molecule has 0 aliphatic heterocycles. The fraction of sp³-hybridized carbons (Fsp3) is 0.571. The van der Waals surface area contributed by atoms with Crippen LogP contribution in [0.25, 0.3) is 0 Å². The first kappa shape index (κ1) is 22.1. The van der Waals surface area contributed by atoms with E-state index in [1.807, 2.05) is 0 Å². The zero-order valence-electron chi connectivity index (χ0n) is 13.7. The molecule has 27 heavy (non-hydrogen) atoms. The molecule has 1 fully saturated rings. The monoisotopic (exact) mass is 437 g/mol. The Labute approximate surface area is 156 Å². The van der Waals surface area contributed by atoms with Crippen molar-refractivity contribution < 1.29 is 44.6 Å². The summed E-state index contributed by atoms with van der Waals surface area (Å²) in [5.74, 6) is 0.514. The van der Waals surface area contributed by atoms with Gasteiger partial charge in [0.1, 0.15) is 12.0 Å². The Morgan fingerprint density at radius 2 is 1.59 bits per heavy atom. The first-order chi connectivity index (χ1) is 12.5. The molecule has 1 aromatic carbocycles. The van der Waals surface area contributed by atoms with Gasteiger partial charge in [0.2, 0.25) is 0 Å². The molecular weight excluding hydrogens is 421 g/mol. The second-order valence-corrected chi connectivity index (χ2v) is 8.57. The predicted octanol–water partition coefficient (Wildman–Crippen LogP) is 4.61. The molecule has 0 amide bonds. The Hall–Kier alpha value is -1.15. The van der Waals surface area contributed by atoms with Crippen LogP contribution in [0.4, 0.5) is 22.0 Å². The lowest BCUT2D eigenvalue weighted by molar-refractivity contribution is -0.405. The molecule has 0 saturated heterocycles. The Morgan fingerprint density at radius 1 is 1.00 bits per heavy atom. The normalized spacial score (nSPS) is 17.1. The quantitative estimate of drug-likeness (QED) is 0.160. The Bertz CT molecular complexity index is 706. The third-order valence-electron chi connectivity index (χ3n) is 3.81. The number of hydrogen-bond donors (Lipinski definition) is 1. The summed E-state index contributed by atoms with van der Waals surface area (Å²) in [7, 11) is -6.09. The second kappa shape index (κ2) is 8.90. The van der Waals surface area contributed by atoms with Crippen molar-refractivity contribution in [1.82, 2.24) is 4.72 Å². The van der Waals surface area contributed by atoms with Gasteiger partial charge in [-0.2, -0.15) is 22.0 Å². The van der Waals surface area contributed by atoms with E-state index >= 15 is 0 Å². The minimum atomic E-state index is -6.09. The van der Waals surface area contributed by atoms with Gasteiger partial charge in [-0.1, -0.05) is 31.4 Å². The first-order valence-electron chi connectivity index (χ1n) is 7.77. The lowest BCUT2D eigenvalue weighted by Crippen LogP contribution is -2.45. The van der Waals surface area contributed by atoms with Gasteiger partial charge in [0.25, 0.3) is 10.0 Å². The van der Waals surface area contributed by atoms with Gasteiger partial charge < -0.3 is 4.89 Å². The van der Waals surface area contributed by atoms with Crippen molar-refractivity contribution in [1.29, 1.82) is 0 Å². The molecule has 0 unspecified atom stereocenters. The van der Waals surface area contributed by atoms with E-state index in [2.05, 4.69) is 14.3 Å². The topological polar surface area (TPSA) is 73.9 Å². The van der Waals surface area contributed by atoms with Gasteiger partial charge in [0, 0.05) is 0 Å². The maximum atomic E-state index is 13.3. The van der Waals surface area contributed by atoms with E-state index in [-0.39, 0.29) is 10.5 Å². The van der Waals surface area contributed by atoms with Gasteiger partial charge >= 0.3 is 10.9 Å². The van der Waals surface area contributed by atoms with E-state index < -0.39 is 33.0 Å². The van der Waals surface area contributed by atoms with Crippen molar-refractivity contribution in [3.05, 3.63) is 29.8 Å². The second-order valence-electron chi connectivity index (χ2n) is 5.77. The largest absolute Gasteiger partial charge is 0.470 e. The fourth-order valence-corrected chi connectivity index (χ4v) is 3.72. The molecule has 13 heteroatoms. The predicted molar refractivity (Wildman–Crippen MR) is 85.7 cm³/mol. The Kier molecular flexibility index (Phi) is 7.30. The van der Waals surface area contributed by atoms with Crippen LogP contribution in [-0.4, -0.2) is 19.3 Å². The van der Waals surface area contributed by atoms with E-state index in [1.54, 1.807) is 12.1 Å². The van der Waals surface area contributed by atoms with Crippen LogP contribution in [0.2, 0.25) is 0 Å². The number of sulfonamides is 1. The molecule has 1 aliphatic carbocycles. The molecule has 0 atom stereocenters. The number of alkyl halides is 5. The third-order valence-corrected chi connectivity index (χ3v) is 6.11. The summed E-state index contributed by atoms with van der Waals surface area (Å²) in [5.41, 5.74) is 1.09. The van der Waals surface area contributed by atoms with Crippen molar-refractivity contribution in [2.24, 2.45) is 0 Å². The Balaban J connectivity index is 1.80. The van der Waals surface area contributed by atoms with E-state index in [4.69, 9.17) is 0 Å². The average molecular weight is 437 g/mol. The van der Waals surface area contributed by atoms with Gasteiger partial charge in [-0.05, 0) is 41.5 Å². The summed E-state index contributed by atoms with van der Waals surface area (Å²) in [6.45, 7) is 0. The van der Waals surface area contributed by atoms with E-state index in [0.29, 0.717) is 5.92 Å². The smallest absolute Gasteiger partial charge is 0.307 e. The van der Waals surface area contributed by atoms with Gasteiger partial charge in [0.15, 0.2) is 5.75 Å². The summed E-state index contributed by atoms with van der Waals surface area (Å²) in [6, 6.07) is 6.54. The number of rotatable bonds is 8. The van der Waals surface area contributed by atoms with Crippen molar-refractivity contribution in [3.8, 4) is 5.75 Å². The van der Waals surface area contributed by atoms with Crippen LogP contribution in [0.15, 0.2) is 24.3 Å². The van der Waals surface area contributed by atoms with Crippen LogP contribution in [0, 0.1) is 0 Å². The van der Waals surface area contributed by atoms with E-state index in [9.17, 15) is 30.4 Å². The van der Waals surface area contributed by atoms with Crippen LogP contribution >= 0.6 is 12.0 Å². The van der Waals surface area contributed by atoms with Gasteiger partial charge in [-0.25, -0.2) is 8.42 Å². The molecule has 2 rings (SSSR count). The lowest BCUT2D eigenvalue weighted by Gasteiger charge is -2.21. The summed E-state index contributed by atoms with van der Waals surface area (Å²) in [4.78, 5) is 4.54. The number of halogens is 5. The van der Waals surface area contributed by atoms with Crippen LogP contribution in [-0.2, 0) is 19.4 Å². The minimum absolute atomic E-state index is 0.0785. The molecule has 1 aliphatic rings. The van der Waals surface area contributed by atoms with Gasteiger partial charge in [-0.15, -0.1) is 9.06 Å². The molecular formula is C14H16F5NO5S2. The van der Waals surface area contributed by atoms with E-state index in [0.717, 1.165) is 31.2 Å². The van der Waals surface area contributed by atoms with Crippen LogP contribution in [0.5, 0.6) is 5.75 Å². The molecule has 1 aromatic rings. The molecule has 0 radical (unpaired) electrons. The van der Waals surface area contributed by atoms with Crippen molar-refractivity contribution in [2.45, 2.75) is 48.9 Å². The van der Waals surface area contributed by atoms with Crippen LogP contribution in [0.3, 0.4) is 0 Å². The zero-order valence-corrected chi connectivity index (χ0v) is 15.3. The molecule has 154 valence electrons. The highest BCUT2D eigenvalue weighted by atomic mass is 32.3. The highest BCUT2D eigenvalue weighted by Crippen LogP contribution is 2.37. The van der Waals surface area contributed by atoms with Crippen molar-refractivity contribution in [2.75, 3.05) is 0 Å². The summed E-state index contributed by atoms with van der Waals surface area (Å²) < 4.78 is 82.9.